The number of methoxy groups -OCH3 is 3. The lowest BCUT2D eigenvalue weighted by Gasteiger charge is -2.14. The van der Waals surface area contributed by atoms with Crippen LogP contribution in [0.2, 0.25) is 0 Å². The maximum Gasteiger partial charge on any atom is 0.315 e. The number of benzene rings is 2. The Morgan fingerprint density at radius 1 is 0.880 bits per heavy atom. The second-order valence-electron chi connectivity index (χ2n) is 5.26. The average Bonchev–Trinajstić information content (AvgIpc) is 2.61. The van der Waals surface area contributed by atoms with Crippen LogP contribution >= 0.6 is 0 Å². The van der Waals surface area contributed by atoms with Gasteiger partial charge in [-0.2, -0.15) is 0 Å². The topological polar surface area (TPSA) is 71.1 Å². The Labute approximate surface area is 146 Å². The van der Waals surface area contributed by atoms with Crippen LogP contribution in [-0.2, 0) is 11.2 Å². The lowest BCUT2D eigenvalue weighted by Crippen LogP contribution is -2.11. The summed E-state index contributed by atoms with van der Waals surface area (Å²) in [5.74, 6) is 1.29. The summed E-state index contributed by atoms with van der Waals surface area (Å²) in [5, 5.41) is 0. The number of ketones is 1. The van der Waals surface area contributed by atoms with Gasteiger partial charge in [-0.1, -0.05) is 0 Å². The van der Waals surface area contributed by atoms with Gasteiger partial charge in [0.2, 0.25) is 5.75 Å². The average molecular weight is 344 g/mol. The number of rotatable bonds is 7. The van der Waals surface area contributed by atoms with Crippen LogP contribution in [-0.4, -0.2) is 33.1 Å². The van der Waals surface area contributed by atoms with Crippen molar-refractivity contribution in [3.05, 3.63) is 47.5 Å². The molecule has 0 aliphatic carbocycles. The highest BCUT2D eigenvalue weighted by atomic mass is 16.5. The van der Waals surface area contributed by atoms with Crippen molar-refractivity contribution in [2.24, 2.45) is 0 Å². The minimum atomic E-state index is -0.440. The maximum atomic E-state index is 12.2. The third-order valence-electron chi connectivity index (χ3n) is 3.57. The van der Waals surface area contributed by atoms with E-state index in [-0.39, 0.29) is 12.2 Å². The molecule has 6 heteroatoms. The summed E-state index contributed by atoms with van der Waals surface area (Å²) >= 11 is 0. The quantitative estimate of drug-likeness (QED) is 0.437. The van der Waals surface area contributed by atoms with E-state index in [2.05, 4.69) is 0 Å². The van der Waals surface area contributed by atoms with Gasteiger partial charge in [0.25, 0.3) is 0 Å². The van der Waals surface area contributed by atoms with Crippen molar-refractivity contribution in [2.75, 3.05) is 21.3 Å². The van der Waals surface area contributed by atoms with Crippen LogP contribution in [0.4, 0.5) is 0 Å². The number of carbonyl (C=O) groups is 2. The van der Waals surface area contributed by atoms with Gasteiger partial charge in [-0.25, -0.2) is 0 Å². The van der Waals surface area contributed by atoms with Crippen molar-refractivity contribution in [1.82, 2.24) is 0 Å². The van der Waals surface area contributed by atoms with E-state index in [0.717, 1.165) is 0 Å². The number of hydrogen-bond donors (Lipinski definition) is 0. The molecule has 0 bridgehead atoms. The molecule has 0 amide bonds. The van der Waals surface area contributed by atoms with Crippen LogP contribution < -0.4 is 18.9 Å². The first kappa shape index (κ1) is 18.3. The molecule has 0 saturated carbocycles. The van der Waals surface area contributed by atoms with Gasteiger partial charge in [-0.15, -0.1) is 0 Å². The van der Waals surface area contributed by atoms with Crippen molar-refractivity contribution in [3.8, 4) is 23.0 Å². The Bertz CT molecular complexity index is 739. The second kappa shape index (κ2) is 8.19. The maximum absolute atomic E-state index is 12.2. The lowest BCUT2D eigenvalue weighted by molar-refractivity contribution is -0.133. The van der Waals surface area contributed by atoms with E-state index in [4.69, 9.17) is 18.9 Å². The second-order valence-corrected chi connectivity index (χ2v) is 5.26. The fourth-order valence-electron chi connectivity index (χ4n) is 2.33. The molecule has 0 atom stereocenters. The predicted octanol–water partition coefficient (Wildman–Crippen LogP) is 3.06. The minimum absolute atomic E-state index is 0.0329. The van der Waals surface area contributed by atoms with E-state index < -0.39 is 5.97 Å². The van der Waals surface area contributed by atoms with E-state index in [0.29, 0.717) is 34.1 Å². The number of hydrogen-bond acceptors (Lipinski definition) is 6. The molecular formula is C19H20O6. The van der Waals surface area contributed by atoms with Crippen LogP contribution in [0.5, 0.6) is 23.0 Å². The smallest absolute Gasteiger partial charge is 0.315 e. The molecule has 0 aromatic heterocycles. The zero-order valence-corrected chi connectivity index (χ0v) is 14.6. The molecule has 2 aromatic rings. The van der Waals surface area contributed by atoms with Crippen molar-refractivity contribution in [3.63, 3.8) is 0 Å². The Morgan fingerprint density at radius 3 is 1.88 bits per heavy atom. The standard InChI is InChI=1S/C19H20O6/c1-12(20)14-5-7-15(8-6-14)25-18(21)11-13-9-16(22-2)19(24-4)17(10-13)23-3/h5-10H,11H2,1-4H3. The van der Waals surface area contributed by atoms with E-state index in [1.165, 1.54) is 28.3 Å². The molecule has 0 aliphatic rings. The molecule has 0 saturated heterocycles. The molecule has 0 fully saturated rings. The Kier molecular flexibility index (Phi) is 6.00. The van der Waals surface area contributed by atoms with Gasteiger partial charge >= 0.3 is 5.97 Å². The summed E-state index contributed by atoms with van der Waals surface area (Å²) < 4.78 is 21.1. The first-order valence-corrected chi connectivity index (χ1v) is 7.59. The van der Waals surface area contributed by atoms with Crippen molar-refractivity contribution in [2.45, 2.75) is 13.3 Å². The first-order chi connectivity index (χ1) is 12.0. The molecule has 25 heavy (non-hydrogen) atoms. The number of ether oxygens (including phenoxy) is 4. The monoisotopic (exact) mass is 344 g/mol. The molecule has 0 unspecified atom stereocenters. The van der Waals surface area contributed by atoms with Gasteiger partial charge in [0.1, 0.15) is 5.75 Å². The largest absolute Gasteiger partial charge is 0.493 e. The van der Waals surface area contributed by atoms with Gasteiger partial charge in [-0.3, -0.25) is 9.59 Å². The van der Waals surface area contributed by atoms with Gasteiger partial charge in [0.05, 0.1) is 27.8 Å². The molecule has 0 aliphatic heterocycles. The fourth-order valence-corrected chi connectivity index (χ4v) is 2.33. The SMILES string of the molecule is COc1cc(CC(=O)Oc2ccc(C(C)=O)cc2)cc(OC)c1OC. The highest BCUT2D eigenvalue weighted by molar-refractivity contribution is 5.94. The van der Waals surface area contributed by atoms with Gasteiger partial charge in [0.15, 0.2) is 17.3 Å². The van der Waals surface area contributed by atoms with Crippen molar-refractivity contribution >= 4 is 11.8 Å². The van der Waals surface area contributed by atoms with Crippen LogP contribution in [0.15, 0.2) is 36.4 Å². The summed E-state index contributed by atoms with van der Waals surface area (Å²) in [5.41, 5.74) is 1.23. The van der Waals surface area contributed by atoms with Crippen LogP contribution in [0.1, 0.15) is 22.8 Å². The summed E-state index contributed by atoms with van der Waals surface area (Å²) in [7, 11) is 4.53. The Hall–Kier alpha value is -3.02. The third-order valence-corrected chi connectivity index (χ3v) is 3.57. The molecule has 0 N–H and O–H groups in total. The zero-order valence-electron chi connectivity index (χ0n) is 14.6. The number of carbonyl (C=O) groups excluding carboxylic acids is 2. The molecule has 2 aromatic carbocycles. The highest BCUT2D eigenvalue weighted by Gasteiger charge is 2.15. The number of Topliss-reactive ketones (excluding diaryl/α,β-unsaturated/α-hetero) is 1. The molecule has 0 radical (unpaired) electrons. The Balaban J connectivity index is 2.13. The van der Waals surface area contributed by atoms with Gasteiger partial charge in [0, 0.05) is 5.56 Å². The van der Waals surface area contributed by atoms with Crippen LogP contribution in [0.3, 0.4) is 0 Å². The normalized spacial score (nSPS) is 10.1. The predicted molar refractivity (Wildman–Crippen MR) is 91.9 cm³/mol. The molecular weight excluding hydrogens is 324 g/mol. The van der Waals surface area contributed by atoms with E-state index in [1.807, 2.05) is 0 Å². The van der Waals surface area contributed by atoms with Gasteiger partial charge in [-0.05, 0) is 48.9 Å². The summed E-state index contributed by atoms with van der Waals surface area (Å²) in [4.78, 5) is 23.4. The molecule has 2 rings (SSSR count). The minimum Gasteiger partial charge on any atom is -0.493 e. The van der Waals surface area contributed by atoms with E-state index in [1.54, 1.807) is 36.4 Å². The molecule has 132 valence electrons. The summed E-state index contributed by atoms with van der Waals surface area (Å²) in [6.45, 7) is 1.48. The molecule has 0 spiro atoms. The van der Waals surface area contributed by atoms with Crippen molar-refractivity contribution < 1.29 is 28.5 Å². The highest BCUT2D eigenvalue weighted by Crippen LogP contribution is 2.38. The lowest BCUT2D eigenvalue weighted by atomic mass is 10.1. The summed E-state index contributed by atoms with van der Waals surface area (Å²) in [6, 6.07) is 9.80. The molecule has 6 nitrogen and oxygen atoms in total. The third kappa shape index (κ3) is 4.50. The number of esters is 1. The van der Waals surface area contributed by atoms with E-state index in [9.17, 15) is 9.59 Å². The summed E-state index contributed by atoms with van der Waals surface area (Å²) in [6.07, 6.45) is 0.0329. The van der Waals surface area contributed by atoms with Crippen molar-refractivity contribution in [1.29, 1.82) is 0 Å². The molecule has 0 heterocycles. The van der Waals surface area contributed by atoms with E-state index >= 15 is 0 Å². The van der Waals surface area contributed by atoms with Crippen LogP contribution in [0.25, 0.3) is 0 Å². The Morgan fingerprint density at radius 2 is 1.44 bits per heavy atom. The van der Waals surface area contributed by atoms with Gasteiger partial charge < -0.3 is 18.9 Å². The fraction of sp³-hybridized carbons (Fsp3) is 0.263. The zero-order chi connectivity index (χ0) is 18.4. The first-order valence-electron chi connectivity index (χ1n) is 7.59. The van der Waals surface area contributed by atoms with Crippen LogP contribution in [0, 0.1) is 0 Å².